The molecule has 1 amide bonds. The highest BCUT2D eigenvalue weighted by Gasteiger charge is 2.11. The molecule has 23 heavy (non-hydrogen) atoms. The van der Waals surface area contributed by atoms with E-state index >= 15 is 0 Å². The number of carbonyl (C=O) groups excluding carboxylic acids is 1. The Morgan fingerprint density at radius 3 is 2.48 bits per heavy atom. The van der Waals surface area contributed by atoms with Crippen LogP contribution in [0.15, 0.2) is 48.0 Å². The molecule has 0 aliphatic rings. The van der Waals surface area contributed by atoms with Crippen molar-refractivity contribution in [1.29, 1.82) is 5.26 Å². The minimum absolute atomic E-state index is 0.0927. The van der Waals surface area contributed by atoms with E-state index in [1.165, 1.54) is 5.56 Å². The van der Waals surface area contributed by atoms with E-state index in [0.29, 0.717) is 0 Å². The molecule has 3 nitrogen and oxygen atoms in total. The van der Waals surface area contributed by atoms with Crippen LogP contribution in [0.4, 0.5) is 5.69 Å². The highest BCUT2D eigenvalue weighted by molar-refractivity contribution is 6.10. The zero-order chi connectivity index (χ0) is 16.8. The number of nitriles is 1. The maximum atomic E-state index is 12.3. The van der Waals surface area contributed by atoms with E-state index in [9.17, 15) is 10.1 Å². The summed E-state index contributed by atoms with van der Waals surface area (Å²) in [6.07, 6.45) is 2.57. The van der Waals surface area contributed by atoms with Crippen molar-refractivity contribution in [2.24, 2.45) is 0 Å². The molecule has 0 aliphatic heterocycles. The molecule has 0 radical (unpaired) electrons. The molecular weight excluding hydrogens is 284 g/mol. The van der Waals surface area contributed by atoms with Crippen molar-refractivity contribution in [2.45, 2.75) is 27.2 Å². The third-order valence-electron chi connectivity index (χ3n) is 3.92. The van der Waals surface area contributed by atoms with Gasteiger partial charge in [-0.25, -0.2) is 0 Å². The summed E-state index contributed by atoms with van der Waals surface area (Å²) in [6, 6.07) is 15.5. The third-order valence-corrected chi connectivity index (χ3v) is 3.92. The third kappa shape index (κ3) is 4.08. The van der Waals surface area contributed by atoms with E-state index in [0.717, 1.165) is 28.8 Å². The standard InChI is InChI=1S/C20H20N2O/c1-4-16-8-10-17(11-9-16)12-18(13-21)20(23)22-19-7-5-6-14(2)15(19)3/h5-12H,4H2,1-3H3,(H,22,23)/b18-12+. The number of amides is 1. The topological polar surface area (TPSA) is 52.9 Å². The number of carbonyl (C=O) groups is 1. The highest BCUT2D eigenvalue weighted by Crippen LogP contribution is 2.19. The highest BCUT2D eigenvalue weighted by atomic mass is 16.1. The lowest BCUT2D eigenvalue weighted by molar-refractivity contribution is -0.112. The number of benzene rings is 2. The quantitative estimate of drug-likeness (QED) is 0.672. The fourth-order valence-corrected chi connectivity index (χ4v) is 2.24. The maximum absolute atomic E-state index is 12.3. The number of nitrogens with one attached hydrogen (secondary N) is 1. The van der Waals surface area contributed by atoms with Crippen LogP contribution in [0.2, 0.25) is 0 Å². The Labute approximate surface area is 137 Å². The number of anilines is 1. The zero-order valence-corrected chi connectivity index (χ0v) is 13.7. The summed E-state index contributed by atoms with van der Waals surface area (Å²) in [6.45, 7) is 6.02. The average Bonchev–Trinajstić information content (AvgIpc) is 2.57. The summed E-state index contributed by atoms with van der Waals surface area (Å²) in [4.78, 5) is 12.3. The lowest BCUT2D eigenvalue weighted by Crippen LogP contribution is -2.14. The summed E-state index contributed by atoms with van der Waals surface area (Å²) in [5.74, 6) is -0.388. The molecule has 2 aromatic rings. The van der Waals surface area contributed by atoms with Crippen molar-refractivity contribution < 1.29 is 4.79 Å². The van der Waals surface area contributed by atoms with Crippen LogP contribution in [-0.2, 0) is 11.2 Å². The van der Waals surface area contributed by atoms with Crippen LogP contribution in [0, 0.1) is 25.2 Å². The van der Waals surface area contributed by atoms with Gasteiger partial charge in [-0.05, 0) is 54.7 Å². The molecule has 0 spiro atoms. The molecular formula is C20H20N2O. The van der Waals surface area contributed by atoms with Gasteiger partial charge >= 0.3 is 0 Å². The second kappa shape index (κ2) is 7.42. The average molecular weight is 304 g/mol. The fourth-order valence-electron chi connectivity index (χ4n) is 2.24. The first-order valence-electron chi connectivity index (χ1n) is 7.63. The van der Waals surface area contributed by atoms with E-state index in [2.05, 4.69) is 12.2 Å². The van der Waals surface area contributed by atoms with Crippen molar-refractivity contribution in [2.75, 3.05) is 5.32 Å². The van der Waals surface area contributed by atoms with Gasteiger partial charge in [0.2, 0.25) is 0 Å². The van der Waals surface area contributed by atoms with E-state index < -0.39 is 0 Å². The van der Waals surface area contributed by atoms with Gasteiger partial charge in [-0.3, -0.25) is 4.79 Å². The second-order valence-corrected chi connectivity index (χ2v) is 5.47. The predicted octanol–water partition coefficient (Wildman–Crippen LogP) is 4.41. The zero-order valence-electron chi connectivity index (χ0n) is 13.7. The molecule has 0 atom stereocenters. The van der Waals surface area contributed by atoms with Crippen molar-refractivity contribution in [1.82, 2.24) is 0 Å². The number of hydrogen-bond acceptors (Lipinski definition) is 2. The first-order chi connectivity index (χ1) is 11.0. The summed E-state index contributed by atoms with van der Waals surface area (Å²) >= 11 is 0. The van der Waals surface area contributed by atoms with Gasteiger partial charge in [-0.15, -0.1) is 0 Å². The Balaban J connectivity index is 2.22. The SMILES string of the molecule is CCc1ccc(/C=C(\C#N)C(=O)Nc2cccc(C)c2C)cc1. The summed E-state index contributed by atoms with van der Waals surface area (Å²) in [5.41, 5.74) is 4.99. The van der Waals surface area contributed by atoms with Crippen LogP contribution in [0.3, 0.4) is 0 Å². The van der Waals surface area contributed by atoms with E-state index in [4.69, 9.17) is 0 Å². The molecule has 0 bridgehead atoms. The van der Waals surface area contributed by atoms with Gasteiger partial charge in [0.15, 0.2) is 0 Å². The van der Waals surface area contributed by atoms with Crippen molar-refractivity contribution >= 4 is 17.7 Å². The molecule has 0 aliphatic carbocycles. The number of nitrogens with zero attached hydrogens (tertiary/aromatic N) is 1. The maximum Gasteiger partial charge on any atom is 0.266 e. The van der Waals surface area contributed by atoms with Gasteiger partial charge in [0.25, 0.3) is 5.91 Å². The largest absolute Gasteiger partial charge is 0.321 e. The van der Waals surface area contributed by atoms with Crippen LogP contribution >= 0.6 is 0 Å². The van der Waals surface area contributed by atoms with Crippen LogP contribution in [0.5, 0.6) is 0 Å². The Kier molecular flexibility index (Phi) is 5.32. The molecule has 116 valence electrons. The van der Waals surface area contributed by atoms with Crippen LogP contribution in [0.1, 0.15) is 29.2 Å². The van der Waals surface area contributed by atoms with Gasteiger partial charge in [0, 0.05) is 5.69 Å². The molecule has 0 aromatic heterocycles. The predicted molar refractivity (Wildman–Crippen MR) is 94.0 cm³/mol. The van der Waals surface area contributed by atoms with E-state index in [-0.39, 0.29) is 11.5 Å². The van der Waals surface area contributed by atoms with Crippen molar-refractivity contribution in [3.8, 4) is 6.07 Å². The first kappa shape index (κ1) is 16.5. The molecule has 2 aromatic carbocycles. The van der Waals surface area contributed by atoms with E-state index in [1.807, 2.05) is 62.4 Å². The Hall–Kier alpha value is -2.86. The fraction of sp³-hybridized carbons (Fsp3) is 0.200. The second-order valence-electron chi connectivity index (χ2n) is 5.47. The molecule has 0 unspecified atom stereocenters. The Morgan fingerprint density at radius 1 is 1.17 bits per heavy atom. The van der Waals surface area contributed by atoms with E-state index in [1.54, 1.807) is 6.08 Å². The number of aryl methyl sites for hydroxylation is 2. The van der Waals surface area contributed by atoms with Gasteiger partial charge in [0.1, 0.15) is 11.6 Å². The lowest BCUT2D eigenvalue weighted by Gasteiger charge is -2.09. The molecule has 2 rings (SSSR count). The van der Waals surface area contributed by atoms with Crippen LogP contribution in [-0.4, -0.2) is 5.91 Å². The molecule has 0 saturated heterocycles. The van der Waals surface area contributed by atoms with Gasteiger partial charge in [-0.1, -0.05) is 43.3 Å². The Bertz CT molecular complexity index is 780. The smallest absolute Gasteiger partial charge is 0.266 e. The summed E-state index contributed by atoms with van der Waals surface area (Å²) in [7, 11) is 0. The monoisotopic (exact) mass is 304 g/mol. The minimum atomic E-state index is -0.388. The van der Waals surface area contributed by atoms with Gasteiger partial charge in [-0.2, -0.15) is 5.26 Å². The van der Waals surface area contributed by atoms with Gasteiger partial charge < -0.3 is 5.32 Å². The minimum Gasteiger partial charge on any atom is -0.321 e. The lowest BCUT2D eigenvalue weighted by atomic mass is 10.1. The van der Waals surface area contributed by atoms with Gasteiger partial charge in [0.05, 0.1) is 0 Å². The van der Waals surface area contributed by atoms with Crippen LogP contribution in [0.25, 0.3) is 6.08 Å². The molecule has 0 heterocycles. The number of hydrogen-bond donors (Lipinski definition) is 1. The van der Waals surface area contributed by atoms with Crippen molar-refractivity contribution in [3.63, 3.8) is 0 Å². The molecule has 0 saturated carbocycles. The summed E-state index contributed by atoms with van der Waals surface area (Å²) < 4.78 is 0. The molecule has 0 fully saturated rings. The normalized spacial score (nSPS) is 11.0. The molecule has 1 N–H and O–H groups in total. The molecule has 3 heteroatoms. The van der Waals surface area contributed by atoms with Crippen molar-refractivity contribution in [3.05, 3.63) is 70.3 Å². The van der Waals surface area contributed by atoms with Crippen LogP contribution < -0.4 is 5.32 Å². The Morgan fingerprint density at radius 2 is 1.87 bits per heavy atom. The summed E-state index contributed by atoms with van der Waals surface area (Å²) in [5, 5.41) is 12.1. The first-order valence-corrected chi connectivity index (χ1v) is 7.63. The number of rotatable bonds is 4.